The molecule has 9 heteroatoms. The van der Waals surface area contributed by atoms with Gasteiger partial charge in [-0.3, -0.25) is 19.2 Å². The number of hydrogen-bond donors (Lipinski definition) is 1. The molecule has 0 amide bonds. The highest BCUT2D eigenvalue weighted by atomic mass is 16.5. The van der Waals surface area contributed by atoms with Gasteiger partial charge in [0.1, 0.15) is 0 Å². The van der Waals surface area contributed by atoms with E-state index < -0.39 is 11.2 Å². The van der Waals surface area contributed by atoms with E-state index in [1.165, 1.54) is 28.9 Å². The normalized spacial score (nSPS) is 25.0. The summed E-state index contributed by atoms with van der Waals surface area (Å²) < 4.78 is 9.07. The summed E-state index contributed by atoms with van der Waals surface area (Å²) >= 11 is 0. The number of fused-ring (bicyclic) bond motifs is 1. The van der Waals surface area contributed by atoms with Gasteiger partial charge in [0.25, 0.3) is 5.56 Å². The molecule has 0 spiro atoms. The summed E-state index contributed by atoms with van der Waals surface area (Å²) in [5, 5.41) is 4.36. The zero-order chi connectivity index (χ0) is 22.9. The molecule has 0 aromatic carbocycles. The van der Waals surface area contributed by atoms with E-state index >= 15 is 0 Å². The molecule has 2 aliphatic rings. The third kappa shape index (κ3) is 4.95. The molecule has 2 fully saturated rings. The Bertz CT molecular complexity index is 1210. The maximum atomic E-state index is 12.2. The Morgan fingerprint density at radius 3 is 2.48 bits per heavy atom. The van der Waals surface area contributed by atoms with Gasteiger partial charge in [-0.25, -0.2) is 9.31 Å². The molecule has 0 radical (unpaired) electrons. The number of hydrogen-bond acceptors (Lipinski definition) is 6. The van der Waals surface area contributed by atoms with E-state index in [9.17, 15) is 9.59 Å². The van der Waals surface area contributed by atoms with Crippen LogP contribution in [0, 0.1) is 5.92 Å². The van der Waals surface area contributed by atoms with Crippen LogP contribution in [-0.4, -0.2) is 73.9 Å². The Morgan fingerprint density at radius 1 is 1.03 bits per heavy atom. The van der Waals surface area contributed by atoms with Crippen molar-refractivity contribution < 1.29 is 4.74 Å². The topological polar surface area (TPSA) is 87.9 Å². The van der Waals surface area contributed by atoms with Crippen LogP contribution in [-0.2, 0) is 11.3 Å². The lowest BCUT2D eigenvalue weighted by Gasteiger charge is -2.39. The molecular weight excluding hydrogens is 420 g/mol. The molecule has 9 nitrogen and oxygen atoms in total. The lowest BCUT2D eigenvalue weighted by molar-refractivity contribution is -0.0592. The number of nitrogens with one attached hydrogen (secondary N) is 1. The zero-order valence-electron chi connectivity index (χ0n) is 19.3. The molecule has 5 rings (SSSR count). The van der Waals surface area contributed by atoms with Crippen molar-refractivity contribution in [2.75, 3.05) is 32.7 Å². The van der Waals surface area contributed by atoms with Crippen LogP contribution in [0.15, 0.2) is 46.4 Å². The first-order chi connectivity index (χ1) is 15.9. The molecule has 0 bridgehead atoms. The Balaban J connectivity index is 1.23. The number of aromatic nitrogens is 4. The fourth-order valence-corrected chi connectivity index (χ4v) is 5.35. The van der Waals surface area contributed by atoms with Gasteiger partial charge >= 0.3 is 5.69 Å². The SMILES string of the molecule is C[C@@H]1CC(CN2CCN(Cc3ccn4ncc(-n5ccc(=O)[nH]c5=O)c4c3)CC2)C[C@H](C)O1. The van der Waals surface area contributed by atoms with Gasteiger partial charge in [-0.05, 0) is 50.3 Å². The minimum Gasteiger partial charge on any atom is -0.376 e. The molecule has 0 saturated carbocycles. The quantitative estimate of drug-likeness (QED) is 0.631. The predicted octanol–water partition coefficient (Wildman–Crippen LogP) is 1.49. The maximum absolute atomic E-state index is 12.2. The van der Waals surface area contributed by atoms with Gasteiger partial charge in [0.05, 0.1) is 29.6 Å². The average Bonchev–Trinajstić information content (AvgIpc) is 3.17. The van der Waals surface area contributed by atoms with Crippen LogP contribution >= 0.6 is 0 Å². The van der Waals surface area contributed by atoms with Crippen LogP contribution in [0.2, 0.25) is 0 Å². The van der Waals surface area contributed by atoms with Crippen molar-refractivity contribution >= 4 is 5.52 Å². The molecule has 2 saturated heterocycles. The Hall–Kier alpha value is -2.75. The molecule has 3 atom stereocenters. The van der Waals surface area contributed by atoms with Crippen molar-refractivity contribution in [1.82, 2.24) is 29.0 Å². The highest BCUT2D eigenvalue weighted by Crippen LogP contribution is 2.26. The Labute approximate surface area is 192 Å². The molecule has 1 unspecified atom stereocenters. The predicted molar refractivity (Wildman–Crippen MR) is 126 cm³/mol. The minimum absolute atomic E-state index is 0.371. The van der Waals surface area contributed by atoms with Crippen molar-refractivity contribution in [3.05, 3.63) is 63.2 Å². The first kappa shape index (κ1) is 22.1. The van der Waals surface area contributed by atoms with Gasteiger partial charge in [0.15, 0.2) is 0 Å². The standard InChI is InChI=1S/C24H32N6O3/c1-17-11-20(12-18(2)33-17)16-28-9-7-27(8-10-28)15-19-3-6-30-21(13-19)22(14-25-30)29-5-4-23(31)26-24(29)32/h3-6,13-14,17-18,20H,7-12,15-16H2,1-2H3,(H,26,31,32)/t17-,18+,20?. The lowest BCUT2D eigenvalue weighted by Crippen LogP contribution is -2.48. The first-order valence-corrected chi connectivity index (χ1v) is 11.8. The maximum Gasteiger partial charge on any atom is 0.333 e. The summed E-state index contributed by atoms with van der Waals surface area (Å²) in [7, 11) is 0. The van der Waals surface area contributed by atoms with Gasteiger partial charge in [-0.1, -0.05) is 0 Å². The van der Waals surface area contributed by atoms with Gasteiger partial charge in [0, 0.05) is 57.7 Å². The summed E-state index contributed by atoms with van der Waals surface area (Å²) in [5.41, 5.74) is 1.80. The number of piperazine rings is 1. The van der Waals surface area contributed by atoms with Crippen molar-refractivity contribution in [1.29, 1.82) is 0 Å². The van der Waals surface area contributed by atoms with E-state index in [0.29, 0.717) is 17.9 Å². The molecule has 5 heterocycles. The summed E-state index contributed by atoms with van der Waals surface area (Å²) in [5.74, 6) is 0.731. The summed E-state index contributed by atoms with van der Waals surface area (Å²) in [6, 6.07) is 5.50. The number of pyridine rings is 1. The van der Waals surface area contributed by atoms with E-state index in [4.69, 9.17) is 4.74 Å². The van der Waals surface area contributed by atoms with Crippen molar-refractivity contribution in [2.45, 2.75) is 45.4 Å². The minimum atomic E-state index is -0.466. The Kier molecular flexibility index (Phi) is 6.18. The molecule has 176 valence electrons. The molecule has 3 aromatic rings. The summed E-state index contributed by atoms with van der Waals surface area (Å²) in [6.07, 6.45) is 8.13. The number of nitrogens with zero attached hydrogens (tertiary/aromatic N) is 5. The monoisotopic (exact) mass is 452 g/mol. The zero-order valence-corrected chi connectivity index (χ0v) is 19.3. The smallest absolute Gasteiger partial charge is 0.333 e. The van der Waals surface area contributed by atoms with Crippen LogP contribution in [0.4, 0.5) is 0 Å². The van der Waals surface area contributed by atoms with Crippen molar-refractivity contribution in [3.8, 4) is 5.69 Å². The van der Waals surface area contributed by atoms with Crippen molar-refractivity contribution in [2.24, 2.45) is 5.92 Å². The molecule has 1 N–H and O–H groups in total. The lowest BCUT2D eigenvalue weighted by atomic mass is 9.92. The van der Waals surface area contributed by atoms with Crippen LogP contribution in [0.5, 0.6) is 0 Å². The molecule has 3 aromatic heterocycles. The summed E-state index contributed by atoms with van der Waals surface area (Å²) in [6.45, 7) is 10.7. The largest absolute Gasteiger partial charge is 0.376 e. The van der Waals surface area contributed by atoms with Gasteiger partial charge < -0.3 is 9.64 Å². The highest BCUT2D eigenvalue weighted by molar-refractivity contribution is 5.64. The van der Waals surface area contributed by atoms with Crippen molar-refractivity contribution in [3.63, 3.8) is 0 Å². The van der Waals surface area contributed by atoms with E-state index in [-0.39, 0.29) is 0 Å². The number of rotatable bonds is 5. The molecular formula is C24H32N6O3. The second kappa shape index (κ2) is 9.24. The van der Waals surface area contributed by atoms with Crippen LogP contribution in [0.3, 0.4) is 0 Å². The second-order valence-electron chi connectivity index (χ2n) is 9.55. The third-order valence-corrected chi connectivity index (χ3v) is 6.83. The number of H-pyrrole nitrogens is 1. The fraction of sp³-hybridized carbons (Fsp3) is 0.542. The van der Waals surface area contributed by atoms with Crippen LogP contribution < -0.4 is 11.2 Å². The van der Waals surface area contributed by atoms with E-state index in [0.717, 1.165) is 57.0 Å². The number of aromatic amines is 1. The Morgan fingerprint density at radius 2 is 1.76 bits per heavy atom. The van der Waals surface area contributed by atoms with E-state index in [1.807, 2.05) is 6.20 Å². The first-order valence-electron chi connectivity index (χ1n) is 11.8. The van der Waals surface area contributed by atoms with Gasteiger partial charge in [-0.2, -0.15) is 5.10 Å². The fourth-order valence-electron chi connectivity index (χ4n) is 5.35. The summed E-state index contributed by atoms with van der Waals surface area (Å²) in [4.78, 5) is 31.0. The third-order valence-electron chi connectivity index (χ3n) is 6.83. The van der Waals surface area contributed by atoms with Gasteiger partial charge in [-0.15, -0.1) is 0 Å². The molecule has 33 heavy (non-hydrogen) atoms. The second-order valence-corrected chi connectivity index (χ2v) is 9.55. The van der Waals surface area contributed by atoms with E-state index in [2.05, 4.69) is 45.9 Å². The van der Waals surface area contributed by atoms with E-state index in [1.54, 1.807) is 10.7 Å². The number of ether oxygens (including phenoxy) is 1. The van der Waals surface area contributed by atoms with Gasteiger partial charge in [0.2, 0.25) is 0 Å². The average molecular weight is 453 g/mol. The molecule has 2 aliphatic heterocycles. The van der Waals surface area contributed by atoms with Crippen LogP contribution in [0.25, 0.3) is 11.2 Å². The highest BCUT2D eigenvalue weighted by Gasteiger charge is 2.27. The molecule has 0 aliphatic carbocycles. The van der Waals surface area contributed by atoms with Crippen LogP contribution in [0.1, 0.15) is 32.3 Å².